The Morgan fingerprint density at radius 3 is 2.23 bits per heavy atom. The molecule has 6 heteroatoms. The van der Waals surface area contributed by atoms with Crippen LogP contribution in [0.3, 0.4) is 0 Å². The van der Waals surface area contributed by atoms with E-state index in [9.17, 15) is 9.59 Å². The molecule has 5 rings (SSSR count). The van der Waals surface area contributed by atoms with E-state index >= 15 is 0 Å². The van der Waals surface area contributed by atoms with E-state index in [1.165, 1.54) is 51.9 Å². The number of rotatable bonds is 7. The average molecular weight is 577 g/mol. The molecule has 5 nitrogen and oxygen atoms in total. The third kappa shape index (κ3) is 5.63. The Labute approximate surface area is 248 Å². The number of thioether (sulfide) groups is 1. The molecule has 228 valence electrons. The summed E-state index contributed by atoms with van der Waals surface area (Å²) in [7, 11) is 0. The fourth-order valence-corrected chi connectivity index (χ4v) is 12.5. The number of hydrogen-bond donors (Lipinski definition) is 0. The van der Waals surface area contributed by atoms with Gasteiger partial charge in [-0.25, -0.2) is 0 Å². The van der Waals surface area contributed by atoms with Crippen LogP contribution >= 0.6 is 11.8 Å². The van der Waals surface area contributed by atoms with Crippen LogP contribution in [-0.4, -0.2) is 41.4 Å². The number of ether oxygens (including phenoxy) is 3. The summed E-state index contributed by atoms with van der Waals surface area (Å²) in [4.78, 5) is 23.3. The summed E-state index contributed by atoms with van der Waals surface area (Å²) in [5.74, 6) is 5.32. The van der Waals surface area contributed by atoms with Crippen LogP contribution in [0.5, 0.6) is 0 Å². The van der Waals surface area contributed by atoms with Crippen molar-refractivity contribution in [3.05, 3.63) is 0 Å². The average Bonchev–Trinajstić information content (AvgIpc) is 3.23. The van der Waals surface area contributed by atoms with Crippen LogP contribution in [0.1, 0.15) is 119 Å². The first kappa shape index (κ1) is 30.7. The zero-order valence-corrected chi connectivity index (χ0v) is 27.2. The van der Waals surface area contributed by atoms with Crippen LogP contribution in [0, 0.1) is 52.3 Å². The topological polar surface area (TPSA) is 61.8 Å². The second-order valence-electron chi connectivity index (χ2n) is 15.3. The zero-order valence-electron chi connectivity index (χ0n) is 26.3. The molecule has 0 radical (unpaired) electrons. The first-order valence-corrected chi connectivity index (χ1v) is 17.5. The second kappa shape index (κ2) is 11.7. The highest BCUT2D eigenvalue weighted by molar-refractivity contribution is 8.00. The monoisotopic (exact) mass is 576 g/mol. The van der Waals surface area contributed by atoms with Gasteiger partial charge in [-0.15, -0.1) is 11.8 Å². The van der Waals surface area contributed by atoms with Crippen molar-refractivity contribution in [2.24, 2.45) is 52.3 Å². The number of esters is 2. The van der Waals surface area contributed by atoms with E-state index < -0.39 is 0 Å². The third-order valence-electron chi connectivity index (χ3n) is 12.5. The Morgan fingerprint density at radius 1 is 0.900 bits per heavy atom. The summed E-state index contributed by atoms with van der Waals surface area (Å²) >= 11 is 1.91. The van der Waals surface area contributed by atoms with Crippen LogP contribution in [-0.2, 0) is 23.8 Å². The summed E-state index contributed by atoms with van der Waals surface area (Å²) < 4.78 is 18.3. The van der Waals surface area contributed by atoms with Crippen molar-refractivity contribution in [2.45, 2.75) is 136 Å². The Bertz CT molecular complexity index is 927. The first-order valence-electron chi connectivity index (χ1n) is 16.5. The fraction of sp³-hybridized carbons (Fsp3) is 0.941. The van der Waals surface area contributed by atoms with Crippen LogP contribution in [0.4, 0.5) is 0 Å². The quantitative estimate of drug-likeness (QED) is 0.286. The molecule has 0 amide bonds. The predicted molar refractivity (Wildman–Crippen MR) is 161 cm³/mol. The van der Waals surface area contributed by atoms with Gasteiger partial charge in [-0.2, -0.15) is 0 Å². The van der Waals surface area contributed by atoms with E-state index in [1.807, 2.05) is 11.8 Å². The highest BCUT2D eigenvalue weighted by Crippen LogP contribution is 2.72. The molecule has 1 heterocycles. The van der Waals surface area contributed by atoms with Gasteiger partial charge in [0.2, 0.25) is 0 Å². The van der Waals surface area contributed by atoms with Gasteiger partial charge in [-0.1, -0.05) is 53.9 Å². The molecule has 5 aliphatic rings. The van der Waals surface area contributed by atoms with Crippen LogP contribution < -0.4 is 0 Å². The Morgan fingerprint density at radius 2 is 1.57 bits per heavy atom. The van der Waals surface area contributed by atoms with Gasteiger partial charge in [0.15, 0.2) is 0 Å². The Kier molecular flexibility index (Phi) is 9.01. The van der Waals surface area contributed by atoms with Crippen molar-refractivity contribution in [1.29, 1.82) is 0 Å². The van der Waals surface area contributed by atoms with Gasteiger partial charge in [0.05, 0.1) is 6.61 Å². The molecular formula is C34H56O5S. The van der Waals surface area contributed by atoms with Gasteiger partial charge in [0.25, 0.3) is 0 Å². The van der Waals surface area contributed by atoms with Gasteiger partial charge in [0, 0.05) is 25.5 Å². The lowest BCUT2D eigenvalue weighted by Gasteiger charge is -2.66. The molecule has 0 aromatic rings. The van der Waals surface area contributed by atoms with Crippen LogP contribution in [0.15, 0.2) is 0 Å². The van der Waals surface area contributed by atoms with Crippen molar-refractivity contribution >= 4 is 23.7 Å². The molecule has 1 saturated heterocycles. The van der Waals surface area contributed by atoms with Gasteiger partial charge >= 0.3 is 11.9 Å². The van der Waals surface area contributed by atoms with Gasteiger partial charge < -0.3 is 14.2 Å². The minimum atomic E-state index is -0.287. The molecule has 1 unspecified atom stereocenters. The summed E-state index contributed by atoms with van der Waals surface area (Å²) in [6.07, 6.45) is 13.4. The van der Waals surface area contributed by atoms with Crippen molar-refractivity contribution in [2.75, 3.05) is 12.4 Å². The molecule has 0 aromatic heterocycles. The number of carbonyl (C=O) groups is 2. The lowest BCUT2D eigenvalue weighted by Crippen LogP contribution is -2.64. The Balaban J connectivity index is 1.40. The maximum atomic E-state index is 11.9. The van der Waals surface area contributed by atoms with Crippen LogP contribution in [0.2, 0.25) is 0 Å². The largest absolute Gasteiger partial charge is 0.463 e. The minimum absolute atomic E-state index is 0.0178. The summed E-state index contributed by atoms with van der Waals surface area (Å²) in [5.41, 5.74) is 0.612. The smallest absolute Gasteiger partial charge is 0.303 e. The van der Waals surface area contributed by atoms with Crippen molar-refractivity contribution in [3.8, 4) is 0 Å². The number of carbonyl (C=O) groups excluding carboxylic acids is 2. The normalized spacial score (nSPS) is 45.4. The molecule has 11 atom stereocenters. The molecule has 0 N–H and O–H groups in total. The standard InChI is InChI=1S/C34H56O5S/c1-21(2)9-8-10-22(3)28-11-12-29-27-18-34(37-19-26(20-40-34)39-24(5)36)31-17-25(38-23(4)35)13-15-33(31,7)30(27)14-16-32(28,29)6/h21-22,25-31H,8-20H2,1-7H3/t22-,25+,26?,27+,28-,29+,30+,31+,32-,33-,34-/m1/s1. The van der Waals surface area contributed by atoms with Crippen molar-refractivity contribution < 1.29 is 23.8 Å². The summed E-state index contributed by atoms with van der Waals surface area (Å²) in [5, 5.41) is 0. The molecule has 4 aliphatic carbocycles. The molecule has 0 bridgehead atoms. The van der Waals surface area contributed by atoms with Gasteiger partial charge in [0.1, 0.15) is 17.1 Å². The zero-order chi connectivity index (χ0) is 28.9. The molecule has 1 aliphatic heterocycles. The van der Waals surface area contributed by atoms with Crippen molar-refractivity contribution in [1.82, 2.24) is 0 Å². The van der Waals surface area contributed by atoms with E-state index in [0.717, 1.165) is 55.1 Å². The number of fused-ring (bicyclic) bond motifs is 6. The first-order chi connectivity index (χ1) is 18.9. The maximum Gasteiger partial charge on any atom is 0.303 e. The van der Waals surface area contributed by atoms with Gasteiger partial charge in [-0.05, 0) is 97.7 Å². The predicted octanol–water partition coefficient (Wildman–Crippen LogP) is 8.04. The molecule has 0 aromatic carbocycles. The van der Waals surface area contributed by atoms with E-state index in [-0.39, 0.29) is 34.5 Å². The SMILES string of the molecule is CC(=O)OC1CO[C@]2(C[C@H]3[C@@H]4CC[C@H]([C@H](C)CCCC(C)C)[C@@]4(C)CC[C@@H]3[C@@]3(C)CC[C@H](OC(C)=O)C[C@@H]32)SC1. The summed E-state index contributed by atoms with van der Waals surface area (Å²) in [6.45, 7) is 16.0. The highest BCUT2D eigenvalue weighted by Gasteiger charge is 2.67. The molecule has 4 saturated carbocycles. The van der Waals surface area contributed by atoms with E-state index in [0.29, 0.717) is 29.8 Å². The third-order valence-corrected chi connectivity index (χ3v) is 14.1. The number of hydrogen-bond acceptors (Lipinski definition) is 6. The molecule has 1 spiro atoms. The van der Waals surface area contributed by atoms with Gasteiger partial charge in [-0.3, -0.25) is 9.59 Å². The van der Waals surface area contributed by atoms with Crippen LogP contribution in [0.25, 0.3) is 0 Å². The van der Waals surface area contributed by atoms with E-state index in [2.05, 4.69) is 34.6 Å². The van der Waals surface area contributed by atoms with Crippen molar-refractivity contribution in [3.63, 3.8) is 0 Å². The summed E-state index contributed by atoms with van der Waals surface area (Å²) in [6, 6.07) is 0. The van der Waals surface area contributed by atoms with E-state index in [1.54, 1.807) is 6.92 Å². The minimum Gasteiger partial charge on any atom is -0.463 e. The molecule has 5 fully saturated rings. The van der Waals surface area contributed by atoms with E-state index in [4.69, 9.17) is 14.2 Å². The molecular weight excluding hydrogens is 520 g/mol. The Hall–Kier alpha value is -0.750. The highest BCUT2D eigenvalue weighted by atomic mass is 32.2. The lowest BCUT2D eigenvalue weighted by molar-refractivity contribution is -0.213. The molecule has 40 heavy (non-hydrogen) atoms. The fourth-order valence-electron chi connectivity index (χ4n) is 10.8. The maximum absolute atomic E-state index is 11.9. The second-order valence-corrected chi connectivity index (χ2v) is 16.7. The lowest BCUT2D eigenvalue weighted by atomic mass is 9.43.